The van der Waals surface area contributed by atoms with Crippen LogP contribution in [0.25, 0.3) is 0 Å². The number of ether oxygens (including phenoxy) is 1. The molecule has 0 aromatic carbocycles. The molecule has 15 heavy (non-hydrogen) atoms. The van der Waals surface area contributed by atoms with Gasteiger partial charge in [-0.25, -0.2) is 22.6 Å². The molecule has 0 bridgehead atoms. The van der Waals surface area contributed by atoms with Crippen LogP contribution >= 0.6 is 0 Å². The minimum atomic E-state index is -3.18. The van der Waals surface area contributed by atoms with Gasteiger partial charge in [0, 0.05) is 6.20 Å². The predicted molar refractivity (Wildman–Crippen MR) is 44.3 cm³/mol. The zero-order chi connectivity index (χ0) is 11.4. The molecule has 0 aliphatic carbocycles. The molecular weight excluding hydrogens is 213 g/mol. The molecule has 1 aromatic rings. The largest absolute Gasteiger partial charge is 0.462 e. The molecule has 0 aliphatic heterocycles. The maximum Gasteiger partial charge on any atom is 0.341 e. The highest BCUT2D eigenvalue weighted by Gasteiger charge is 2.23. The third kappa shape index (κ3) is 2.71. The number of carbonyl (C=O) groups excluding carboxylic acids is 1. The lowest BCUT2D eigenvalue weighted by atomic mass is 10.4. The van der Waals surface area contributed by atoms with Gasteiger partial charge in [-0.1, -0.05) is 0 Å². The van der Waals surface area contributed by atoms with Crippen LogP contribution in [0.5, 0.6) is 0 Å². The molecule has 0 fully saturated rings. The molecule has 1 aromatic heterocycles. The summed E-state index contributed by atoms with van der Waals surface area (Å²) >= 11 is 0. The van der Waals surface area contributed by atoms with E-state index >= 15 is 0 Å². The maximum absolute atomic E-state index is 12.7. The number of halogens is 3. The van der Waals surface area contributed by atoms with E-state index in [-0.39, 0.29) is 12.2 Å². The Balaban J connectivity index is 2.76. The summed E-state index contributed by atoms with van der Waals surface area (Å²) < 4.78 is 41.5. The van der Waals surface area contributed by atoms with Crippen molar-refractivity contribution in [2.75, 3.05) is 6.61 Å². The zero-order valence-electron chi connectivity index (χ0n) is 7.86. The molecule has 0 aliphatic rings. The summed E-state index contributed by atoms with van der Waals surface area (Å²) in [6.45, 7) is 1.75. The van der Waals surface area contributed by atoms with Crippen LogP contribution in [0.4, 0.5) is 13.2 Å². The molecule has 0 amide bonds. The van der Waals surface area contributed by atoms with Gasteiger partial charge in [-0.05, 0) is 6.92 Å². The number of aromatic nitrogens is 2. The van der Waals surface area contributed by atoms with E-state index in [0.29, 0.717) is 4.68 Å². The van der Waals surface area contributed by atoms with E-state index in [0.717, 1.165) is 12.4 Å². The third-order valence-corrected chi connectivity index (χ3v) is 1.57. The van der Waals surface area contributed by atoms with Crippen molar-refractivity contribution in [3.8, 4) is 0 Å². The van der Waals surface area contributed by atoms with Crippen LogP contribution in [0.3, 0.4) is 0 Å². The van der Waals surface area contributed by atoms with Crippen LogP contribution in [0.1, 0.15) is 23.6 Å². The molecule has 84 valence electrons. The molecule has 1 unspecified atom stereocenters. The van der Waals surface area contributed by atoms with Gasteiger partial charge in [0.25, 0.3) is 12.7 Å². The second-order valence-corrected chi connectivity index (χ2v) is 2.64. The lowest BCUT2D eigenvalue weighted by Gasteiger charge is -2.05. The van der Waals surface area contributed by atoms with E-state index in [2.05, 4.69) is 9.84 Å². The van der Waals surface area contributed by atoms with Crippen LogP contribution in [0.2, 0.25) is 0 Å². The summed E-state index contributed by atoms with van der Waals surface area (Å²) in [5.41, 5.74) is -0.0554. The third-order valence-electron chi connectivity index (χ3n) is 1.57. The van der Waals surface area contributed by atoms with Gasteiger partial charge < -0.3 is 4.74 Å². The first kappa shape index (κ1) is 11.5. The van der Waals surface area contributed by atoms with Crippen molar-refractivity contribution in [2.45, 2.75) is 19.6 Å². The standard InChI is InChI=1S/C8H9F3N2O2/c1-2-15-8(14)5-3-12-13(4-5)7(11)6(9)10/h3-4,6-7H,2H2,1H3. The van der Waals surface area contributed by atoms with E-state index in [1.165, 1.54) is 0 Å². The van der Waals surface area contributed by atoms with E-state index in [1.807, 2.05) is 0 Å². The number of nitrogens with zero attached hydrogens (tertiary/aromatic N) is 2. The van der Waals surface area contributed by atoms with E-state index < -0.39 is 18.7 Å². The first-order valence-electron chi connectivity index (χ1n) is 4.19. The Labute approximate surface area is 83.6 Å². The van der Waals surface area contributed by atoms with E-state index in [1.54, 1.807) is 6.92 Å². The molecule has 0 saturated carbocycles. The Bertz CT molecular complexity index is 340. The van der Waals surface area contributed by atoms with Gasteiger partial charge in [0.1, 0.15) is 0 Å². The summed E-state index contributed by atoms with van der Waals surface area (Å²) in [6.07, 6.45) is -3.87. The zero-order valence-corrected chi connectivity index (χ0v) is 7.86. The monoisotopic (exact) mass is 222 g/mol. The summed E-state index contributed by atoms with van der Waals surface area (Å²) in [5, 5.41) is 3.30. The molecule has 1 heterocycles. The normalized spacial score (nSPS) is 12.9. The van der Waals surface area contributed by atoms with Crippen molar-refractivity contribution in [1.82, 2.24) is 9.78 Å². The lowest BCUT2D eigenvalue weighted by Crippen LogP contribution is -2.12. The minimum Gasteiger partial charge on any atom is -0.462 e. The van der Waals surface area contributed by atoms with Crippen LogP contribution in [0.15, 0.2) is 12.4 Å². The van der Waals surface area contributed by atoms with Crippen LogP contribution in [-0.4, -0.2) is 28.8 Å². The first-order valence-corrected chi connectivity index (χ1v) is 4.19. The second-order valence-electron chi connectivity index (χ2n) is 2.64. The molecule has 0 N–H and O–H groups in total. The van der Waals surface area contributed by atoms with Gasteiger partial charge in [-0.15, -0.1) is 0 Å². The van der Waals surface area contributed by atoms with E-state index in [4.69, 9.17) is 0 Å². The highest BCUT2D eigenvalue weighted by atomic mass is 19.3. The number of carbonyl (C=O) groups is 1. The Morgan fingerprint density at radius 2 is 2.27 bits per heavy atom. The first-order chi connectivity index (χ1) is 7.06. The summed E-state index contributed by atoms with van der Waals surface area (Å²) in [6, 6.07) is 0. The number of rotatable bonds is 4. The Morgan fingerprint density at radius 3 is 2.80 bits per heavy atom. The fourth-order valence-electron chi connectivity index (χ4n) is 0.908. The second kappa shape index (κ2) is 4.81. The summed E-state index contributed by atoms with van der Waals surface area (Å²) in [7, 11) is 0. The van der Waals surface area contributed by atoms with Gasteiger partial charge in [0.2, 0.25) is 0 Å². The van der Waals surface area contributed by atoms with Gasteiger partial charge >= 0.3 is 5.97 Å². The molecule has 1 atom stereocenters. The Kier molecular flexibility index (Phi) is 3.70. The van der Waals surface area contributed by atoms with Gasteiger partial charge in [-0.3, -0.25) is 0 Å². The van der Waals surface area contributed by atoms with Crippen molar-refractivity contribution in [3.05, 3.63) is 18.0 Å². The number of hydrogen-bond acceptors (Lipinski definition) is 3. The lowest BCUT2D eigenvalue weighted by molar-refractivity contribution is 0.000648. The fraction of sp³-hybridized carbons (Fsp3) is 0.500. The van der Waals surface area contributed by atoms with Crippen LogP contribution < -0.4 is 0 Å². The molecular formula is C8H9F3N2O2. The van der Waals surface area contributed by atoms with Gasteiger partial charge in [-0.2, -0.15) is 5.10 Å². The average Bonchev–Trinajstić information content (AvgIpc) is 2.65. The Hall–Kier alpha value is -1.53. The van der Waals surface area contributed by atoms with Crippen molar-refractivity contribution in [2.24, 2.45) is 0 Å². The van der Waals surface area contributed by atoms with Crippen LogP contribution in [0, 0.1) is 0 Å². The topological polar surface area (TPSA) is 44.1 Å². The number of alkyl halides is 3. The number of hydrogen-bond donors (Lipinski definition) is 0. The van der Waals surface area contributed by atoms with Crippen molar-refractivity contribution < 1.29 is 22.7 Å². The number of esters is 1. The quantitative estimate of drug-likeness (QED) is 0.729. The molecule has 0 saturated heterocycles. The highest BCUT2D eigenvalue weighted by Crippen LogP contribution is 2.17. The molecule has 1 rings (SSSR count). The molecule has 0 spiro atoms. The van der Waals surface area contributed by atoms with Crippen molar-refractivity contribution >= 4 is 5.97 Å². The van der Waals surface area contributed by atoms with Gasteiger partial charge in [0.05, 0.1) is 18.4 Å². The molecule has 4 nitrogen and oxygen atoms in total. The maximum atomic E-state index is 12.7. The smallest absolute Gasteiger partial charge is 0.341 e. The SMILES string of the molecule is CCOC(=O)c1cnn(C(F)C(F)F)c1. The fourth-order valence-corrected chi connectivity index (χ4v) is 0.908. The average molecular weight is 222 g/mol. The van der Waals surface area contributed by atoms with Crippen LogP contribution in [-0.2, 0) is 4.74 Å². The summed E-state index contributed by atoms with van der Waals surface area (Å²) in [4.78, 5) is 11.1. The van der Waals surface area contributed by atoms with Crippen molar-refractivity contribution in [3.63, 3.8) is 0 Å². The van der Waals surface area contributed by atoms with E-state index in [9.17, 15) is 18.0 Å². The summed E-state index contributed by atoms with van der Waals surface area (Å²) in [5.74, 6) is -0.717. The molecule has 0 radical (unpaired) electrons. The molecule has 7 heteroatoms. The minimum absolute atomic E-state index is 0.0554. The highest BCUT2D eigenvalue weighted by molar-refractivity contribution is 5.88. The van der Waals surface area contributed by atoms with Gasteiger partial charge in [0.15, 0.2) is 0 Å². The van der Waals surface area contributed by atoms with Crippen molar-refractivity contribution in [1.29, 1.82) is 0 Å². The Morgan fingerprint density at radius 1 is 1.60 bits per heavy atom. The predicted octanol–water partition coefficient (Wildman–Crippen LogP) is 1.79.